The summed E-state index contributed by atoms with van der Waals surface area (Å²) in [6.45, 7) is 4.80. The first-order valence-electron chi connectivity index (χ1n) is 12.0. The fraction of sp³-hybridized carbons (Fsp3) is 0.333. The van der Waals surface area contributed by atoms with Gasteiger partial charge in [0.25, 0.3) is 0 Å². The molecule has 33 heavy (non-hydrogen) atoms. The maximum atomic E-state index is 6.17. The standard InChI is InChI=1S/C27H30N6/c28-23-10-11-26-30-27(22-9-8-20-5-1-2-6-21(20)17-22)24(33(26)18-23)19-31-13-15-32(16-14-31)25-7-3-4-12-29-25/h3-4,7-12,17-18H,1-2,5-6,13-16,19,28H2. The molecule has 2 N–H and O–H groups in total. The predicted molar refractivity (Wildman–Crippen MR) is 133 cm³/mol. The van der Waals surface area contributed by atoms with Gasteiger partial charge in [-0.15, -0.1) is 0 Å². The zero-order valence-corrected chi connectivity index (χ0v) is 19.0. The van der Waals surface area contributed by atoms with Crippen molar-refractivity contribution >= 4 is 17.2 Å². The van der Waals surface area contributed by atoms with E-state index in [0.717, 1.165) is 55.6 Å². The van der Waals surface area contributed by atoms with Gasteiger partial charge in [0.1, 0.15) is 11.5 Å². The van der Waals surface area contributed by atoms with E-state index in [1.807, 2.05) is 30.6 Å². The summed E-state index contributed by atoms with van der Waals surface area (Å²) in [7, 11) is 0. The van der Waals surface area contributed by atoms with Crippen LogP contribution in [0.5, 0.6) is 0 Å². The van der Waals surface area contributed by atoms with Crippen LogP contribution in [0.3, 0.4) is 0 Å². The lowest BCUT2D eigenvalue weighted by Crippen LogP contribution is -2.46. The average Bonchev–Trinajstić information content (AvgIpc) is 3.22. The van der Waals surface area contributed by atoms with Gasteiger partial charge in [0.15, 0.2) is 0 Å². The number of piperazine rings is 1. The number of aryl methyl sites for hydroxylation is 2. The first-order valence-corrected chi connectivity index (χ1v) is 12.0. The quantitative estimate of drug-likeness (QED) is 0.518. The molecule has 4 aromatic rings. The van der Waals surface area contributed by atoms with E-state index in [0.29, 0.717) is 0 Å². The third kappa shape index (κ3) is 3.95. The molecule has 0 amide bonds. The van der Waals surface area contributed by atoms with Crippen molar-refractivity contribution in [3.8, 4) is 11.3 Å². The van der Waals surface area contributed by atoms with Crippen LogP contribution in [-0.2, 0) is 19.4 Å². The Labute approximate surface area is 194 Å². The maximum Gasteiger partial charge on any atom is 0.137 e. The van der Waals surface area contributed by atoms with Crippen molar-refractivity contribution in [3.63, 3.8) is 0 Å². The van der Waals surface area contributed by atoms with E-state index in [2.05, 4.69) is 49.5 Å². The van der Waals surface area contributed by atoms with E-state index in [1.54, 1.807) is 0 Å². The number of hydrogen-bond acceptors (Lipinski definition) is 5. The predicted octanol–water partition coefficient (Wildman–Crippen LogP) is 4.18. The van der Waals surface area contributed by atoms with Crippen molar-refractivity contribution in [1.82, 2.24) is 19.3 Å². The van der Waals surface area contributed by atoms with Gasteiger partial charge in [-0.3, -0.25) is 4.90 Å². The van der Waals surface area contributed by atoms with Gasteiger partial charge in [0.05, 0.1) is 11.4 Å². The van der Waals surface area contributed by atoms with Gasteiger partial charge in [-0.05, 0) is 67.1 Å². The molecule has 6 rings (SSSR count). The van der Waals surface area contributed by atoms with Crippen molar-refractivity contribution < 1.29 is 0 Å². The van der Waals surface area contributed by atoms with Gasteiger partial charge >= 0.3 is 0 Å². The van der Waals surface area contributed by atoms with E-state index >= 15 is 0 Å². The highest BCUT2D eigenvalue weighted by Crippen LogP contribution is 2.31. The topological polar surface area (TPSA) is 62.7 Å². The molecule has 0 atom stereocenters. The molecule has 3 aromatic heterocycles. The van der Waals surface area contributed by atoms with Gasteiger partial charge in [0, 0.05) is 56.4 Å². The van der Waals surface area contributed by atoms with Crippen molar-refractivity contribution in [1.29, 1.82) is 0 Å². The highest BCUT2D eigenvalue weighted by Gasteiger charge is 2.22. The third-order valence-electron chi connectivity index (χ3n) is 7.08. The van der Waals surface area contributed by atoms with Crippen molar-refractivity contribution in [2.24, 2.45) is 0 Å². The first kappa shape index (κ1) is 20.2. The molecule has 6 nitrogen and oxygen atoms in total. The van der Waals surface area contributed by atoms with Crippen LogP contribution >= 0.6 is 0 Å². The number of aromatic nitrogens is 3. The highest BCUT2D eigenvalue weighted by atomic mass is 15.3. The minimum atomic E-state index is 0.762. The summed E-state index contributed by atoms with van der Waals surface area (Å²) in [5.41, 5.74) is 14.4. The van der Waals surface area contributed by atoms with Gasteiger partial charge in [-0.25, -0.2) is 9.97 Å². The van der Waals surface area contributed by atoms with E-state index in [-0.39, 0.29) is 0 Å². The molecular formula is C27H30N6. The lowest BCUT2D eigenvalue weighted by molar-refractivity contribution is 0.246. The van der Waals surface area contributed by atoms with Gasteiger partial charge in [0.2, 0.25) is 0 Å². The molecular weight excluding hydrogens is 408 g/mol. The normalized spacial score (nSPS) is 16.8. The highest BCUT2D eigenvalue weighted by molar-refractivity contribution is 5.69. The summed E-state index contributed by atoms with van der Waals surface area (Å²) in [6.07, 6.45) is 8.85. The largest absolute Gasteiger partial charge is 0.398 e. The Bertz CT molecular complexity index is 1270. The molecule has 0 unspecified atom stereocenters. The van der Waals surface area contributed by atoms with Crippen LogP contribution in [0, 0.1) is 0 Å². The van der Waals surface area contributed by atoms with E-state index in [1.165, 1.54) is 48.1 Å². The molecule has 0 saturated carbocycles. The molecule has 0 radical (unpaired) electrons. The number of nitrogen functional groups attached to an aromatic ring is 1. The second-order valence-electron chi connectivity index (χ2n) is 9.24. The fourth-order valence-electron chi connectivity index (χ4n) is 5.26. The Morgan fingerprint density at radius 2 is 1.73 bits per heavy atom. The molecule has 0 bridgehead atoms. The summed E-state index contributed by atoms with van der Waals surface area (Å²) in [4.78, 5) is 14.5. The number of nitrogens with two attached hydrogens (primary N) is 1. The van der Waals surface area contributed by atoms with E-state index < -0.39 is 0 Å². The molecule has 1 aliphatic carbocycles. The summed E-state index contributed by atoms with van der Waals surface area (Å²) in [5.74, 6) is 1.06. The van der Waals surface area contributed by atoms with Crippen molar-refractivity contribution in [3.05, 3.63) is 77.7 Å². The number of imidazole rings is 1. The summed E-state index contributed by atoms with van der Waals surface area (Å²) in [6, 6.07) is 17.0. The second kappa shape index (κ2) is 8.52. The molecule has 4 heterocycles. The number of fused-ring (bicyclic) bond motifs is 2. The fourth-order valence-corrected chi connectivity index (χ4v) is 5.26. The van der Waals surface area contributed by atoms with E-state index in [9.17, 15) is 0 Å². The van der Waals surface area contributed by atoms with Crippen molar-refractivity contribution in [2.75, 3.05) is 36.8 Å². The molecule has 2 aliphatic rings. The molecule has 168 valence electrons. The van der Waals surface area contributed by atoms with Crippen LogP contribution in [-0.4, -0.2) is 45.4 Å². The number of pyridine rings is 2. The number of hydrogen-bond donors (Lipinski definition) is 1. The van der Waals surface area contributed by atoms with Gasteiger partial charge < -0.3 is 15.0 Å². The van der Waals surface area contributed by atoms with Crippen LogP contribution in [0.2, 0.25) is 0 Å². The molecule has 1 aliphatic heterocycles. The van der Waals surface area contributed by atoms with Gasteiger partial charge in [-0.1, -0.05) is 18.2 Å². The molecule has 6 heteroatoms. The Kier molecular flexibility index (Phi) is 5.23. The Hall–Kier alpha value is -3.38. The number of nitrogens with zero attached hydrogens (tertiary/aromatic N) is 5. The minimum Gasteiger partial charge on any atom is -0.398 e. The van der Waals surface area contributed by atoms with Crippen LogP contribution < -0.4 is 10.6 Å². The Morgan fingerprint density at radius 3 is 2.55 bits per heavy atom. The molecule has 1 saturated heterocycles. The zero-order chi connectivity index (χ0) is 22.2. The zero-order valence-electron chi connectivity index (χ0n) is 19.0. The third-order valence-corrected chi connectivity index (χ3v) is 7.08. The van der Waals surface area contributed by atoms with Crippen molar-refractivity contribution in [2.45, 2.75) is 32.2 Å². The maximum absolute atomic E-state index is 6.17. The number of rotatable bonds is 4. The summed E-state index contributed by atoms with van der Waals surface area (Å²) in [5, 5.41) is 0. The smallest absolute Gasteiger partial charge is 0.137 e. The van der Waals surface area contributed by atoms with Crippen LogP contribution in [0.25, 0.3) is 16.9 Å². The lowest BCUT2D eigenvalue weighted by Gasteiger charge is -2.35. The number of anilines is 2. The Morgan fingerprint density at radius 1 is 0.879 bits per heavy atom. The monoisotopic (exact) mass is 438 g/mol. The number of benzene rings is 1. The molecule has 0 spiro atoms. The minimum absolute atomic E-state index is 0.762. The van der Waals surface area contributed by atoms with Crippen LogP contribution in [0.15, 0.2) is 60.9 Å². The molecule has 1 fully saturated rings. The lowest BCUT2D eigenvalue weighted by atomic mass is 9.90. The van der Waals surface area contributed by atoms with Gasteiger partial charge in [-0.2, -0.15) is 0 Å². The first-order chi connectivity index (χ1) is 16.2. The summed E-state index contributed by atoms with van der Waals surface area (Å²) < 4.78 is 2.19. The Balaban J connectivity index is 1.31. The van der Waals surface area contributed by atoms with Crippen LogP contribution in [0.1, 0.15) is 29.7 Å². The average molecular weight is 439 g/mol. The summed E-state index contributed by atoms with van der Waals surface area (Å²) >= 11 is 0. The second-order valence-corrected chi connectivity index (χ2v) is 9.24. The SMILES string of the molecule is Nc1ccc2nc(-c3ccc4c(c3)CCCC4)c(CN3CCN(c4ccccn4)CC3)n2c1. The van der Waals surface area contributed by atoms with Crippen LogP contribution in [0.4, 0.5) is 11.5 Å². The van der Waals surface area contributed by atoms with E-state index in [4.69, 9.17) is 10.7 Å². The molecule has 1 aromatic carbocycles.